The van der Waals surface area contributed by atoms with Gasteiger partial charge >= 0.3 is 0 Å². The van der Waals surface area contributed by atoms with Crippen LogP contribution in [-0.4, -0.2) is 21.9 Å². The van der Waals surface area contributed by atoms with Crippen LogP contribution in [0.15, 0.2) is 12.3 Å². The maximum absolute atomic E-state index is 11.7. The number of carbonyl (C=O) groups is 1. The van der Waals surface area contributed by atoms with Crippen LogP contribution in [0.25, 0.3) is 0 Å². The third-order valence-electron chi connectivity index (χ3n) is 2.07. The number of aromatic nitrogens is 2. The maximum Gasteiger partial charge on any atom is 0.244 e. The summed E-state index contributed by atoms with van der Waals surface area (Å²) < 4.78 is 0. The molecule has 0 saturated heterocycles. The summed E-state index contributed by atoms with van der Waals surface area (Å²) in [6.07, 6.45) is 1.47. The SMILES string of the molecule is CC(C)(C)C(N)C(=O)Nc1nccc(Cl)n1. The van der Waals surface area contributed by atoms with Gasteiger partial charge in [0.25, 0.3) is 0 Å². The topological polar surface area (TPSA) is 80.9 Å². The molecule has 5 nitrogen and oxygen atoms in total. The van der Waals surface area contributed by atoms with Crippen molar-refractivity contribution in [1.82, 2.24) is 9.97 Å². The number of halogens is 1. The highest BCUT2D eigenvalue weighted by Gasteiger charge is 2.27. The first-order valence-electron chi connectivity index (χ1n) is 4.85. The molecular weight excluding hydrogens is 228 g/mol. The van der Waals surface area contributed by atoms with Gasteiger partial charge in [-0.05, 0) is 11.5 Å². The molecule has 1 unspecified atom stereocenters. The third-order valence-corrected chi connectivity index (χ3v) is 2.28. The number of carbonyl (C=O) groups excluding carboxylic acids is 1. The van der Waals surface area contributed by atoms with Gasteiger partial charge in [-0.2, -0.15) is 0 Å². The highest BCUT2D eigenvalue weighted by Crippen LogP contribution is 2.18. The molecule has 0 spiro atoms. The second-order valence-corrected chi connectivity index (χ2v) is 4.92. The number of anilines is 1. The molecule has 0 radical (unpaired) electrons. The second-order valence-electron chi connectivity index (χ2n) is 4.54. The Hall–Kier alpha value is -1.20. The number of nitrogens with zero attached hydrogens (tertiary/aromatic N) is 2. The van der Waals surface area contributed by atoms with Crippen LogP contribution in [0.5, 0.6) is 0 Å². The van der Waals surface area contributed by atoms with Crippen molar-refractivity contribution in [3.63, 3.8) is 0 Å². The van der Waals surface area contributed by atoms with Crippen molar-refractivity contribution in [3.05, 3.63) is 17.4 Å². The van der Waals surface area contributed by atoms with E-state index in [0.29, 0.717) is 0 Å². The average Bonchev–Trinajstić information content (AvgIpc) is 2.15. The molecule has 1 aromatic rings. The fourth-order valence-corrected chi connectivity index (χ4v) is 1.11. The fraction of sp³-hybridized carbons (Fsp3) is 0.500. The van der Waals surface area contributed by atoms with E-state index >= 15 is 0 Å². The highest BCUT2D eigenvalue weighted by atomic mass is 35.5. The number of hydrogen-bond acceptors (Lipinski definition) is 4. The van der Waals surface area contributed by atoms with Crippen LogP contribution in [0.4, 0.5) is 5.95 Å². The summed E-state index contributed by atoms with van der Waals surface area (Å²) in [6.45, 7) is 5.65. The molecule has 0 bridgehead atoms. The van der Waals surface area contributed by atoms with Gasteiger partial charge in [0.1, 0.15) is 5.15 Å². The van der Waals surface area contributed by atoms with Crippen LogP contribution in [0.3, 0.4) is 0 Å². The van der Waals surface area contributed by atoms with Gasteiger partial charge in [-0.1, -0.05) is 32.4 Å². The average molecular weight is 243 g/mol. The molecular formula is C10H15ClN4O. The van der Waals surface area contributed by atoms with Gasteiger partial charge in [-0.3, -0.25) is 10.1 Å². The van der Waals surface area contributed by atoms with E-state index in [1.165, 1.54) is 12.3 Å². The van der Waals surface area contributed by atoms with E-state index in [4.69, 9.17) is 17.3 Å². The first kappa shape index (κ1) is 12.9. The summed E-state index contributed by atoms with van der Waals surface area (Å²) in [5.41, 5.74) is 5.46. The molecule has 0 saturated carbocycles. The first-order valence-corrected chi connectivity index (χ1v) is 5.23. The maximum atomic E-state index is 11.7. The first-order chi connectivity index (χ1) is 7.30. The van der Waals surface area contributed by atoms with Crippen LogP contribution in [0.1, 0.15) is 20.8 Å². The molecule has 0 aliphatic rings. The predicted molar refractivity (Wildman–Crippen MR) is 63.1 cm³/mol. The van der Waals surface area contributed by atoms with Gasteiger partial charge in [-0.15, -0.1) is 0 Å². The zero-order valence-electron chi connectivity index (χ0n) is 9.49. The number of amides is 1. The third kappa shape index (κ3) is 3.43. The van der Waals surface area contributed by atoms with Crippen LogP contribution >= 0.6 is 11.6 Å². The fourth-order valence-electron chi connectivity index (χ4n) is 0.978. The van der Waals surface area contributed by atoms with Gasteiger partial charge in [0.2, 0.25) is 11.9 Å². The number of nitrogens with one attached hydrogen (secondary N) is 1. The molecule has 0 aliphatic heterocycles. The molecule has 3 N–H and O–H groups in total. The van der Waals surface area contributed by atoms with E-state index in [-0.39, 0.29) is 22.4 Å². The van der Waals surface area contributed by atoms with Gasteiger partial charge in [0, 0.05) is 6.20 Å². The van der Waals surface area contributed by atoms with E-state index < -0.39 is 6.04 Å². The minimum absolute atomic E-state index is 0.164. The Morgan fingerprint density at radius 3 is 2.69 bits per heavy atom. The van der Waals surface area contributed by atoms with Crippen molar-refractivity contribution in [2.24, 2.45) is 11.1 Å². The molecule has 1 amide bonds. The molecule has 16 heavy (non-hydrogen) atoms. The lowest BCUT2D eigenvalue weighted by atomic mass is 9.87. The van der Waals surface area contributed by atoms with E-state index in [2.05, 4.69) is 15.3 Å². The quantitative estimate of drug-likeness (QED) is 0.769. The summed E-state index contributed by atoms with van der Waals surface area (Å²) >= 11 is 5.66. The van der Waals surface area contributed by atoms with Crippen molar-refractivity contribution < 1.29 is 4.79 Å². The molecule has 6 heteroatoms. The summed E-state index contributed by atoms with van der Waals surface area (Å²) in [5, 5.41) is 2.79. The van der Waals surface area contributed by atoms with Gasteiger partial charge in [0.15, 0.2) is 0 Å². The lowest BCUT2D eigenvalue weighted by molar-refractivity contribution is -0.119. The van der Waals surface area contributed by atoms with Crippen molar-refractivity contribution >= 4 is 23.5 Å². The van der Waals surface area contributed by atoms with E-state index in [1.54, 1.807) is 0 Å². The van der Waals surface area contributed by atoms with E-state index in [9.17, 15) is 4.79 Å². The molecule has 88 valence electrons. The number of hydrogen-bond donors (Lipinski definition) is 2. The Kier molecular flexibility index (Phi) is 3.83. The van der Waals surface area contributed by atoms with Gasteiger partial charge in [-0.25, -0.2) is 9.97 Å². The summed E-state index contributed by atoms with van der Waals surface area (Å²) in [7, 11) is 0. The largest absolute Gasteiger partial charge is 0.319 e. The van der Waals surface area contributed by atoms with Crippen molar-refractivity contribution in [2.75, 3.05) is 5.32 Å². The summed E-state index contributed by atoms with van der Waals surface area (Å²) in [4.78, 5) is 19.4. The highest BCUT2D eigenvalue weighted by molar-refractivity contribution is 6.29. The molecule has 0 aliphatic carbocycles. The van der Waals surface area contributed by atoms with Gasteiger partial charge < -0.3 is 5.73 Å². The number of nitrogens with two attached hydrogens (primary N) is 1. The van der Waals surface area contributed by atoms with Crippen LogP contribution in [0.2, 0.25) is 5.15 Å². The zero-order chi connectivity index (χ0) is 12.3. The summed E-state index contributed by atoms with van der Waals surface area (Å²) in [6, 6.07) is 0.899. The Balaban J connectivity index is 2.72. The van der Waals surface area contributed by atoms with Crippen molar-refractivity contribution in [1.29, 1.82) is 0 Å². The van der Waals surface area contributed by atoms with Crippen LogP contribution < -0.4 is 11.1 Å². The monoisotopic (exact) mass is 242 g/mol. The lowest BCUT2D eigenvalue weighted by Gasteiger charge is -2.25. The molecule has 1 heterocycles. The minimum atomic E-state index is -0.630. The minimum Gasteiger partial charge on any atom is -0.319 e. The Morgan fingerprint density at radius 1 is 1.56 bits per heavy atom. The van der Waals surface area contributed by atoms with E-state index in [1.807, 2.05) is 20.8 Å². The Morgan fingerprint density at radius 2 is 2.19 bits per heavy atom. The smallest absolute Gasteiger partial charge is 0.244 e. The lowest BCUT2D eigenvalue weighted by Crippen LogP contribution is -2.45. The second kappa shape index (κ2) is 4.76. The van der Waals surface area contributed by atoms with E-state index in [0.717, 1.165) is 0 Å². The molecule has 0 aromatic carbocycles. The van der Waals surface area contributed by atoms with Gasteiger partial charge in [0.05, 0.1) is 6.04 Å². The van der Waals surface area contributed by atoms with Crippen LogP contribution in [-0.2, 0) is 4.79 Å². The standard InChI is InChI=1S/C10H15ClN4O/c1-10(2,3)7(12)8(16)15-9-13-5-4-6(11)14-9/h4-5,7H,12H2,1-3H3,(H,13,14,15,16). The van der Waals surface area contributed by atoms with Crippen LogP contribution in [0, 0.1) is 5.41 Å². The predicted octanol–water partition coefficient (Wildman–Crippen LogP) is 1.44. The Labute approximate surface area is 99.4 Å². The Bertz CT molecular complexity index is 389. The molecule has 1 aromatic heterocycles. The zero-order valence-corrected chi connectivity index (χ0v) is 10.2. The van der Waals surface area contributed by atoms with Crippen molar-refractivity contribution in [2.45, 2.75) is 26.8 Å². The molecule has 0 fully saturated rings. The normalized spacial score (nSPS) is 13.3. The summed E-state index contributed by atoms with van der Waals surface area (Å²) in [5.74, 6) is -0.160. The number of rotatable bonds is 2. The molecule has 1 atom stereocenters. The van der Waals surface area contributed by atoms with Crippen molar-refractivity contribution in [3.8, 4) is 0 Å². The molecule has 1 rings (SSSR count).